The van der Waals surface area contributed by atoms with Crippen LogP contribution in [0.15, 0.2) is 29.2 Å². The Balaban J connectivity index is 3.15. The van der Waals surface area contributed by atoms with Gasteiger partial charge in [-0.1, -0.05) is 24.0 Å². The van der Waals surface area contributed by atoms with Crippen molar-refractivity contribution < 1.29 is 13.5 Å². The number of hydrogen-bond donors (Lipinski definition) is 1. The Morgan fingerprint density at radius 2 is 2.05 bits per heavy atom. The lowest BCUT2D eigenvalue weighted by atomic mass is 10.2. The molecule has 0 saturated carbocycles. The summed E-state index contributed by atoms with van der Waals surface area (Å²) in [5, 5.41) is 17.5. The van der Waals surface area contributed by atoms with Gasteiger partial charge in [-0.15, -0.1) is 0 Å². The Morgan fingerprint density at radius 3 is 2.67 bits per heavy atom. The Hall–Kier alpha value is -1.86. The zero-order valence-electron chi connectivity index (χ0n) is 12.1. The monoisotopic (exact) mass is 306 g/mol. The second kappa shape index (κ2) is 7.80. The fourth-order valence-corrected chi connectivity index (χ4v) is 3.10. The van der Waals surface area contributed by atoms with E-state index in [-0.39, 0.29) is 24.5 Å². The van der Waals surface area contributed by atoms with Crippen molar-refractivity contribution in [3.05, 3.63) is 29.8 Å². The first-order chi connectivity index (χ1) is 9.93. The van der Waals surface area contributed by atoms with Crippen molar-refractivity contribution in [3.8, 4) is 17.9 Å². The summed E-state index contributed by atoms with van der Waals surface area (Å²) in [6.45, 7) is 1.72. The van der Waals surface area contributed by atoms with Gasteiger partial charge in [-0.25, -0.2) is 8.42 Å². The third kappa shape index (κ3) is 4.57. The highest BCUT2D eigenvalue weighted by molar-refractivity contribution is 7.89. The number of sulfonamides is 1. The van der Waals surface area contributed by atoms with Gasteiger partial charge < -0.3 is 5.11 Å². The molecule has 0 amide bonds. The number of nitriles is 1. The molecule has 1 aromatic rings. The van der Waals surface area contributed by atoms with E-state index < -0.39 is 15.9 Å². The van der Waals surface area contributed by atoms with Crippen molar-refractivity contribution in [3.63, 3.8) is 0 Å². The molecule has 1 atom stereocenters. The van der Waals surface area contributed by atoms with Crippen molar-refractivity contribution in [2.24, 2.45) is 5.92 Å². The lowest BCUT2D eigenvalue weighted by molar-refractivity contribution is 0.305. The highest BCUT2D eigenvalue weighted by atomic mass is 32.2. The number of aliphatic hydroxyl groups is 1. The number of rotatable bonds is 5. The maximum Gasteiger partial charge on any atom is 0.244 e. The van der Waals surface area contributed by atoms with Crippen LogP contribution in [-0.2, 0) is 10.0 Å². The first-order valence-corrected chi connectivity index (χ1v) is 7.92. The van der Waals surface area contributed by atoms with Crippen LogP contribution in [0.1, 0.15) is 18.9 Å². The maximum atomic E-state index is 12.5. The summed E-state index contributed by atoms with van der Waals surface area (Å²) in [5.41, 5.74) is 0.391. The summed E-state index contributed by atoms with van der Waals surface area (Å²) in [7, 11) is -2.25. The first-order valence-electron chi connectivity index (χ1n) is 6.48. The molecule has 0 heterocycles. The highest BCUT2D eigenvalue weighted by Gasteiger charge is 2.24. The van der Waals surface area contributed by atoms with Crippen molar-refractivity contribution in [2.75, 3.05) is 20.2 Å². The van der Waals surface area contributed by atoms with Gasteiger partial charge in [0.05, 0.1) is 23.5 Å². The van der Waals surface area contributed by atoms with Crippen LogP contribution in [0.2, 0.25) is 0 Å². The van der Waals surface area contributed by atoms with Crippen molar-refractivity contribution >= 4 is 10.0 Å². The number of nitrogens with zero attached hydrogens (tertiary/aromatic N) is 2. The molecule has 6 heteroatoms. The number of aliphatic hydroxyl groups excluding tert-OH is 1. The quantitative estimate of drug-likeness (QED) is 0.829. The van der Waals surface area contributed by atoms with Gasteiger partial charge in [-0.3, -0.25) is 0 Å². The molecule has 5 nitrogen and oxygen atoms in total. The van der Waals surface area contributed by atoms with Crippen LogP contribution in [0.5, 0.6) is 0 Å². The van der Waals surface area contributed by atoms with E-state index in [1.165, 1.54) is 13.1 Å². The second-order valence-electron chi connectivity index (χ2n) is 4.59. The fraction of sp³-hybridized carbons (Fsp3) is 0.400. The summed E-state index contributed by atoms with van der Waals surface area (Å²) in [6.07, 6.45) is 0.287. The smallest absolute Gasteiger partial charge is 0.244 e. The molecule has 0 saturated heterocycles. The number of hydrogen-bond acceptors (Lipinski definition) is 4. The third-order valence-corrected chi connectivity index (χ3v) is 4.67. The van der Waals surface area contributed by atoms with E-state index in [4.69, 9.17) is 10.4 Å². The third-order valence-electron chi connectivity index (χ3n) is 2.79. The summed E-state index contributed by atoms with van der Waals surface area (Å²) in [5.74, 6) is 5.09. The van der Waals surface area contributed by atoms with E-state index in [1.54, 1.807) is 25.1 Å². The molecule has 0 aromatic heterocycles. The van der Waals surface area contributed by atoms with Gasteiger partial charge in [-0.05, 0) is 19.1 Å². The SMILES string of the molecule is CC(C#N)CN(C)S(=O)(=O)c1ccccc1C#CCCO. The molecule has 1 N–H and O–H groups in total. The lowest BCUT2D eigenvalue weighted by Gasteiger charge is -2.19. The average molecular weight is 306 g/mol. The Morgan fingerprint density at radius 1 is 1.38 bits per heavy atom. The first kappa shape index (κ1) is 17.2. The molecule has 0 bridgehead atoms. The van der Waals surface area contributed by atoms with Crippen LogP contribution >= 0.6 is 0 Å². The van der Waals surface area contributed by atoms with Gasteiger partial charge in [0.2, 0.25) is 10.0 Å². The van der Waals surface area contributed by atoms with Crippen LogP contribution in [0.4, 0.5) is 0 Å². The molecule has 0 spiro atoms. The number of benzene rings is 1. The van der Waals surface area contributed by atoms with Gasteiger partial charge in [-0.2, -0.15) is 9.57 Å². The predicted molar refractivity (Wildman–Crippen MR) is 79.6 cm³/mol. The molecule has 0 radical (unpaired) electrons. The average Bonchev–Trinajstić information content (AvgIpc) is 2.47. The van der Waals surface area contributed by atoms with Crippen LogP contribution in [-0.4, -0.2) is 38.0 Å². The molecule has 112 valence electrons. The van der Waals surface area contributed by atoms with E-state index in [0.29, 0.717) is 5.56 Å². The molecule has 0 aliphatic carbocycles. The topological polar surface area (TPSA) is 81.4 Å². The molecular formula is C15H18N2O3S. The summed E-state index contributed by atoms with van der Waals surface area (Å²) < 4.78 is 26.2. The maximum absolute atomic E-state index is 12.5. The zero-order valence-corrected chi connectivity index (χ0v) is 12.9. The summed E-state index contributed by atoms with van der Waals surface area (Å²) in [6, 6.07) is 8.47. The van der Waals surface area contributed by atoms with Crippen molar-refractivity contribution in [1.82, 2.24) is 4.31 Å². The largest absolute Gasteiger partial charge is 0.395 e. The Kier molecular flexibility index (Phi) is 6.39. The fourth-order valence-electron chi connectivity index (χ4n) is 1.70. The lowest BCUT2D eigenvalue weighted by Crippen LogP contribution is -2.31. The second-order valence-corrected chi connectivity index (χ2v) is 6.60. The van der Waals surface area contributed by atoms with E-state index in [1.807, 2.05) is 6.07 Å². The van der Waals surface area contributed by atoms with Crippen LogP contribution in [0.3, 0.4) is 0 Å². The molecule has 0 aliphatic rings. The van der Waals surface area contributed by atoms with Crippen molar-refractivity contribution in [1.29, 1.82) is 5.26 Å². The highest BCUT2D eigenvalue weighted by Crippen LogP contribution is 2.19. The summed E-state index contributed by atoms with van der Waals surface area (Å²) in [4.78, 5) is 0.114. The van der Waals surface area contributed by atoms with Crippen molar-refractivity contribution in [2.45, 2.75) is 18.2 Å². The molecule has 0 aliphatic heterocycles. The molecular weight excluding hydrogens is 288 g/mol. The van der Waals surface area contributed by atoms with E-state index in [0.717, 1.165) is 4.31 Å². The Bertz CT molecular complexity index is 681. The van der Waals surface area contributed by atoms with Gasteiger partial charge in [0, 0.05) is 25.6 Å². The molecule has 1 aromatic carbocycles. The molecule has 1 rings (SSSR count). The predicted octanol–water partition coefficient (Wildman–Crippen LogP) is 1.20. The minimum atomic E-state index is -3.69. The van der Waals surface area contributed by atoms with Gasteiger partial charge in [0.1, 0.15) is 0 Å². The molecule has 1 unspecified atom stereocenters. The van der Waals surface area contributed by atoms with Gasteiger partial charge in [0.15, 0.2) is 0 Å². The minimum Gasteiger partial charge on any atom is -0.395 e. The molecule has 21 heavy (non-hydrogen) atoms. The minimum absolute atomic E-state index is 0.0680. The molecule has 0 fully saturated rings. The standard InChI is InChI=1S/C15H18N2O3S/c1-13(11-16)12-17(2)21(19,20)15-9-4-3-7-14(15)8-5-6-10-18/h3-4,7,9,13,18H,6,10,12H2,1-2H3. The van der Waals surface area contributed by atoms with Crippen LogP contribution in [0.25, 0.3) is 0 Å². The Labute approximate surface area is 125 Å². The van der Waals surface area contributed by atoms with Gasteiger partial charge in [0.25, 0.3) is 0 Å². The van der Waals surface area contributed by atoms with Gasteiger partial charge >= 0.3 is 0 Å². The zero-order chi connectivity index (χ0) is 15.9. The van der Waals surface area contributed by atoms with Crippen LogP contribution in [0, 0.1) is 29.1 Å². The normalized spacial score (nSPS) is 12.3. The summed E-state index contributed by atoms with van der Waals surface area (Å²) >= 11 is 0. The van der Waals surface area contributed by atoms with E-state index >= 15 is 0 Å². The van der Waals surface area contributed by atoms with E-state index in [9.17, 15) is 8.42 Å². The van der Waals surface area contributed by atoms with E-state index in [2.05, 4.69) is 11.8 Å². The van der Waals surface area contributed by atoms with Crippen LogP contribution < -0.4 is 0 Å².